The largest absolute Gasteiger partial charge is 0.409 e. The van der Waals surface area contributed by atoms with Crippen LogP contribution in [-0.2, 0) is 10.0 Å². The minimum Gasteiger partial charge on any atom is -0.409 e. The first kappa shape index (κ1) is 11.3. The molecule has 4 N–H and O–H groups in total. The Hall–Kier alpha value is -0.820. The number of nitrogens with two attached hydrogens (primary N) is 1. The molecule has 1 fully saturated rings. The number of amidine groups is 1. The fourth-order valence-electron chi connectivity index (χ4n) is 1.53. The van der Waals surface area contributed by atoms with Gasteiger partial charge in [-0.1, -0.05) is 18.0 Å². The lowest BCUT2D eigenvalue weighted by Gasteiger charge is -2.11. The molecule has 6 nitrogen and oxygen atoms in total. The molecule has 1 saturated carbocycles. The Morgan fingerprint density at radius 3 is 2.57 bits per heavy atom. The highest BCUT2D eigenvalue weighted by molar-refractivity contribution is 7.90. The van der Waals surface area contributed by atoms with Crippen LogP contribution in [0.5, 0.6) is 0 Å². The van der Waals surface area contributed by atoms with E-state index in [2.05, 4.69) is 9.88 Å². The summed E-state index contributed by atoms with van der Waals surface area (Å²) in [5.41, 5.74) is 5.15. The van der Waals surface area contributed by atoms with Gasteiger partial charge in [-0.15, -0.1) is 0 Å². The number of rotatable bonds is 4. The first-order chi connectivity index (χ1) is 6.56. The Bertz CT molecular complexity index is 306. The number of hydrogen-bond acceptors (Lipinski definition) is 4. The van der Waals surface area contributed by atoms with Crippen molar-refractivity contribution in [1.29, 1.82) is 0 Å². The summed E-state index contributed by atoms with van der Waals surface area (Å²) < 4.78 is 25.4. The highest BCUT2D eigenvalue weighted by Gasteiger charge is 2.28. The maximum atomic E-state index is 11.5. The average molecular weight is 221 g/mol. The summed E-state index contributed by atoms with van der Waals surface area (Å²) in [6.07, 6.45) is 3.31. The van der Waals surface area contributed by atoms with Gasteiger partial charge in [0.05, 0.1) is 11.8 Å². The van der Waals surface area contributed by atoms with Crippen molar-refractivity contribution in [2.75, 3.05) is 6.54 Å². The number of nitrogens with zero attached hydrogens (tertiary/aromatic N) is 1. The lowest BCUT2D eigenvalue weighted by molar-refractivity contribution is 0.317. The van der Waals surface area contributed by atoms with Crippen molar-refractivity contribution in [3.8, 4) is 0 Å². The van der Waals surface area contributed by atoms with Crippen molar-refractivity contribution in [1.82, 2.24) is 4.72 Å². The lowest BCUT2D eigenvalue weighted by Crippen LogP contribution is -2.38. The van der Waals surface area contributed by atoms with Crippen molar-refractivity contribution < 1.29 is 13.6 Å². The van der Waals surface area contributed by atoms with Crippen molar-refractivity contribution in [2.24, 2.45) is 10.9 Å². The van der Waals surface area contributed by atoms with Gasteiger partial charge in [0.15, 0.2) is 5.84 Å². The summed E-state index contributed by atoms with van der Waals surface area (Å²) in [4.78, 5) is 0. The van der Waals surface area contributed by atoms with E-state index in [-0.39, 0.29) is 17.6 Å². The van der Waals surface area contributed by atoms with Crippen molar-refractivity contribution in [2.45, 2.75) is 30.9 Å². The molecule has 1 rings (SSSR count). The Morgan fingerprint density at radius 2 is 2.07 bits per heavy atom. The quantitative estimate of drug-likeness (QED) is 0.260. The van der Waals surface area contributed by atoms with Crippen LogP contribution in [0.25, 0.3) is 0 Å². The predicted octanol–water partition coefficient (Wildman–Crippen LogP) is -0.405. The van der Waals surface area contributed by atoms with Gasteiger partial charge in [0.1, 0.15) is 0 Å². The topological polar surface area (TPSA) is 105 Å². The number of hydrogen-bond donors (Lipinski definition) is 3. The molecule has 0 aromatic rings. The zero-order valence-electron chi connectivity index (χ0n) is 7.81. The summed E-state index contributed by atoms with van der Waals surface area (Å²) in [6.45, 7) is -0.130. The second-order valence-electron chi connectivity index (χ2n) is 3.36. The number of nitrogens with one attached hydrogen (secondary N) is 1. The first-order valence-electron chi connectivity index (χ1n) is 4.51. The van der Waals surface area contributed by atoms with E-state index in [4.69, 9.17) is 10.9 Å². The summed E-state index contributed by atoms with van der Waals surface area (Å²) in [5.74, 6) is -0.133. The van der Waals surface area contributed by atoms with Crippen LogP contribution in [-0.4, -0.2) is 31.3 Å². The van der Waals surface area contributed by atoms with Gasteiger partial charge in [0, 0.05) is 0 Å². The van der Waals surface area contributed by atoms with Gasteiger partial charge in [0.25, 0.3) is 0 Å². The minimum absolute atomic E-state index is 0.130. The molecule has 14 heavy (non-hydrogen) atoms. The highest BCUT2D eigenvalue weighted by Crippen LogP contribution is 2.23. The molecule has 0 aliphatic heterocycles. The summed E-state index contributed by atoms with van der Waals surface area (Å²) in [5, 5.41) is 10.6. The van der Waals surface area contributed by atoms with E-state index in [0.717, 1.165) is 12.8 Å². The third-order valence-corrected chi connectivity index (χ3v) is 4.22. The van der Waals surface area contributed by atoms with E-state index in [1.165, 1.54) is 0 Å². The lowest BCUT2D eigenvalue weighted by atomic mass is 10.4. The summed E-state index contributed by atoms with van der Waals surface area (Å²) in [7, 11) is -3.29. The zero-order valence-corrected chi connectivity index (χ0v) is 8.63. The van der Waals surface area contributed by atoms with Crippen LogP contribution in [0.15, 0.2) is 5.16 Å². The third kappa shape index (κ3) is 2.85. The molecule has 0 bridgehead atoms. The molecule has 0 amide bonds. The Balaban J connectivity index is 2.49. The van der Waals surface area contributed by atoms with Gasteiger partial charge in [0.2, 0.25) is 10.0 Å². The molecule has 0 saturated heterocycles. The van der Waals surface area contributed by atoms with E-state index in [1.807, 2.05) is 0 Å². The van der Waals surface area contributed by atoms with Crippen molar-refractivity contribution in [3.63, 3.8) is 0 Å². The van der Waals surface area contributed by atoms with Gasteiger partial charge in [-0.25, -0.2) is 13.1 Å². The minimum atomic E-state index is -3.29. The molecular formula is C7H15N3O3S. The van der Waals surface area contributed by atoms with E-state index < -0.39 is 10.0 Å². The average Bonchev–Trinajstić information content (AvgIpc) is 2.67. The van der Waals surface area contributed by atoms with Crippen LogP contribution >= 0.6 is 0 Å². The molecule has 82 valence electrons. The third-order valence-electron chi connectivity index (χ3n) is 2.32. The van der Waals surface area contributed by atoms with E-state index in [1.54, 1.807) is 0 Å². The van der Waals surface area contributed by atoms with Crippen molar-refractivity contribution in [3.05, 3.63) is 0 Å². The summed E-state index contributed by atoms with van der Waals surface area (Å²) in [6, 6.07) is 0. The fraction of sp³-hybridized carbons (Fsp3) is 0.857. The molecule has 0 radical (unpaired) electrons. The molecule has 0 unspecified atom stereocenters. The van der Waals surface area contributed by atoms with Crippen molar-refractivity contribution >= 4 is 15.9 Å². The molecular weight excluding hydrogens is 206 g/mol. The SMILES string of the molecule is NC(CNS(=O)(=O)C1CCCC1)=NO. The Morgan fingerprint density at radius 1 is 1.50 bits per heavy atom. The van der Waals surface area contributed by atoms with Crippen LogP contribution < -0.4 is 10.5 Å². The van der Waals surface area contributed by atoms with E-state index >= 15 is 0 Å². The summed E-state index contributed by atoms with van der Waals surface area (Å²) >= 11 is 0. The van der Waals surface area contributed by atoms with E-state index in [9.17, 15) is 8.42 Å². The molecule has 0 aromatic heterocycles. The van der Waals surface area contributed by atoms with Crippen LogP contribution in [0.2, 0.25) is 0 Å². The Labute approximate surface area is 83.2 Å². The number of sulfonamides is 1. The second kappa shape index (κ2) is 4.61. The van der Waals surface area contributed by atoms with Gasteiger partial charge in [-0.05, 0) is 12.8 Å². The first-order valence-corrected chi connectivity index (χ1v) is 6.06. The van der Waals surface area contributed by atoms with Gasteiger partial charge < -0.3 is 10.9 Å². The zero-order chi connectivity index (χ0) is 10.6. The maximum Gasteiger partial charge on any atom is 0.214 e. The maximum absolute atomic E-state index is 11.5. The molecule has 7 heteroatoms. The molecule has 0 aromatic carbocycles. The molecule has 1 aliphatic carbocycles. The van der Waals surface area contributed by atoms with Gasteiger partial charge in [-0.2, -0.15) is 0 Å². The fourth-order valence-corrected chi connectivity index (χ4v) is 3.07. The van der Waals surface area contributed by atoms with Crippen LogP contribution in [0.4, 0.5) is 0 Å². The van der Waals surface area contributed by atoms with Gasteiger partial charge in [-0.3, -0.25) is 0 Å². The number of oxime groups is 1. The molecule has 0 spiro atoms. The van der Waals surface area contributed by atoms with Gasteiger partial charge >= 0.3 is 0 Å². The standard InChI is InChI=1S/C7H15N3O3S/c8-7(10-11)5-9-14(12,13)6-3-1-2-4-6/h6,9,11H,1-5H2,(H2,8,10). The van der Waals surface area contributed by atoms with Crippen LogP contribution in [0.1, 0.15) is 25.7 Å². The highest BCUT2D eigenvalue weighted by atomic mass is 32.2. The predicted molar refractivity (Wildman–Crippen MR) is 52.6 cm³/mol. The molecule has 0 atom stereocenters. The van der Waals surface area contributed by atoms with Crippen LogP contribution in [0.3, 0.4) is 0 Å². The van der Waals surface area contributed by atoms with Crippen LogP contribution in [0, 0.1) is 0 Å². The second-order valence-corrected chi connectivity index (χ2v) is 5.41. The Kier molecular flexibility index (Phi) is 3.70. The molecule has 0 heterocycles. The molecule has 1 aliphatic rings. The normalized spacial score (nSPS) is 20.1. The van der Waals surface area contributed by atoms with E-state index in [0.29, 0.717) is 12.8 Å². The smallest absolute Gasteiger partial charge is 0.214 e. The monoisotopic (exact) mass is 221 g/mol.